The number of nitrogens with one attached hydrogen (secondary N) is 2. The van der Waals surface area contributed by atoms with E-state index in [2.05, 4.69) is 10.6 Å². The topological polar surface area (TPSA) is 125 Å². The second kappa shape index (κ2) is 15.6. The maximum absolute atomic E-state index is 13.5. The predicted octanol–water partition coefficient (Wildman–Crippen LogP) is 3.68. The summed E-state index contributed by atoms with van der Waals surface area (Å²) >= 11 is 0. The highest BCUT2D eigenvalue weighted by Crippen LogP contribution is 2.16. The van der Waals surface area contributed by atoms with Crippen LogP contribution in [-0.4, -0.2) is 59.5 Å². The number of hydrogen-bond donors (Lipinski definition) is 4. The third kappa shape index (κ3) is 9.51. The fourth-order valence-electron chi connectivity index (χ4n) is 4.57. The highest BCUT2D eigenvalue weighted by Gasteiger charge is 2.24. The van der Waals surface area contributed by atoms with Crippen molar-refractivity contribution in [1.82, 2.24) is 15.5 Å². The Hall–Kier alpha value is -4.08. The first-order valence-electron chi connectivity index (χ1n) is 13.9. The third-order valence-corrected chi connectivity index (χ3v) is 6.68. The Morgan fingerprint density at radius 3 is 2.10 bits per heavy atom. The van der Waals surface area contributed by atoms with E-state index in [1.165, 1.54) is 30.3 Å². The van der Waals surface area contributed by atoms with Crippen molar-refractivity contribution in [2.75, 3.05) is 19.6 Å². The van der Waals surface area contributed by atoms with Gasteiger partial charge in [0.1, 0.15) is 5.82 Å². The van der Waals surface area contributed by atoms with E-state index < -0.39 is 24.0 Å². The maximum Gasteiger partial charge on any atom is 0.253 e. The minimum absolute atomic E-state index is 0.0362. The quantitative estimate of drug-likeness (QED) is 0.225. The van der Waals surface area contributed by atoms with Crippen molar-refractivity contribution in [1.29, 1.82) is 0 Å². The molecule has 8 nitrogen and oxygen atoms in total. The molecule has 9 heteroatoms. The van der Waals surface area contributed by atoms with E-state index in [0.717, 1.165) is 24.0 Å². The lowest BCUT2D eigenvalue weighted by Crippen LogP contribution is -2.48. The van der Waals surface area contributed by atoms with Crippen LogP contribution in [0.25, 0.3) is 0 Å². The molecule has 0 aliphatic carbocycles. The van der Waals surface area contributed by atoms with E-state index in [-0.39, 0.29) is 41.4 Å². The van der Waals surface area contributed by atoms with Crippen LogP contribution in [0.1, 0.15) is 68.9 Å². The summed E-state index contributed by atoms with van der Waals surface area (Å²) in [4.78, 5) is 40.5. The van der Waals surface area contributed by atoms with Crippen molar-refractivity contribution in [3.8, 4) is 0 Å². The molecular weight excluding hydrogens is 523 g/mol. The minimum atomic E-state index is -1.00. The van der Waals surface area contributed by atoms with Gasteiger partial charge in [-0.25, -0.2) is 4.39 Å². The molecule has 3 amide bonds. The fraction of sp³-hybridized carbons (Fsp3) is 0.344. The van der Waals surface area contributed by atoms with Gasteiger partial charge in [-0.1, -0.05) is 56.3 Å². The van der Waals surface area contributed by atoms with Crippen molar-refractivity contribution in [3.05, 3.63) is 106 Å². The Labute approximate surface area is 240 Å². The van der Waals surface area contributed by atoms with Crippen LogP contribution in [0.2, 0.25) is 0 Å². The molecule has 0 radical (unpaired) electrons. The van der Waals surface area contributed by atoms with Gasteiger partial charge in [0.2, 0.25) is 5.91 Å². The summed E-state index contributed by atoms with van der Waals surface area (Å²) in [6.45, 7) is 5.71. The molecule has 0 bridgehead atoms. The smallest absolute Gasteiger partial charge is 0.253 e. The summed E-state index contributed by atoms with van der Waals surface area (Å²) in [6, 6.07) is 19.0. The lowest BCUT2D eigenvalue weighted by atomic mass is 9.99. The van der Waals surface area contributed by atoms with Gasteiger partial charge in [0, 0.05) is 42.9 Å². The molecule has 0 fully saturated rings. The van der Waals surface area contributed by atoms with Crippen molar-refractivity contribution in [3.63, 3.8) is 0 Å². The van der Waals surface area contributed by atoms with Crippen molar-refractivity contribution in [2.24, 2.45) is 5.73 Å². The summed E-state index contributed by atoms with van der Waals surface area (Å²) < 4.78 is 13.5. The number of nitrogens with zero attached hydrogens (tertiary/aromatic N) is 1. The number of benzene rings is 3. The normalized spacial score (nSPS) is 12.4. The average Bonchev–Trinajstić information content (AvgIpc) is 2.97. The van der Waals surface area contributed by atoms with E-state index >= 15 is 0 Å². The molecule has 3 aromatic carbocycles. The van der Waals surface area contributed by atoms with Gasteiger partial charge in [-0.2, -0.15) is 0 Å². The summed E-state index contributed by atoms with van der Waals surface area (Å²) in [5.74, 6) is -2.02. The molecular formula is C32H39FN4O4. The van der Waals surface area contributed by atoms with Crippen LogP contribution in [0.5, 0.6) is 0 Å². The molecule has 2 unspecified atom stereocenters. The average molecular weight is 563 g/mol. The van der Waals surface area contributed by atoms with Crippen LogP contribution in [0.4, 0.5) is 4.39 Å². The zero-order valence-corrected chi connectivity index (χ0v) is 23.6. The Balaban J connectivity index is 1.84. The molecule has 0 heterocycles. The number of halogens is 1. The van der Waals surface area contributed by atoms with Crippen LogP contribution in [0.3, 0.4) is 0 Å². The lowest BCUT2D eigenvalue weighted by molar-refractivity contribution is 0.0755. The van der Waals surface area contributed by atoms with Crippen LogP contribution in [0.15, 0.2) is 72.8 Å². The van der Waals surface area contributed by atoms with Gasteiger partial charge in [0.15, 0.2) is 0 Å². The fourth-order valence-corrected chi connectivity index (χ4v) is 4.57. The Morgan fingerprint density at radius 1 is 0.878 bits per heavy atom. The largest absolute Gasteiger partial charge is 0.390 e. The van der Waals surface area contributed by atoms with Gasteiger partial charge in [0.05, 0.1) is 12.1 Å². The summed E-state index contributed by atoms with van der Waals surface area (Å²) in [5, 5.41) is 17.1. The Bertz CT molecular complexity index is 1290. The van der Waals surface area contributed by atoms with Crippen molar-refractivity contribution >= 4 is 17.7 Å². The van der Waals surface area contributed by atoms with Gasteiger partial charge >= 0.3 is 0 Å². The third-order valence-electron chi connectivity index (χ3n) is 6.68. The molecule has 5 N–H and O–H groups in total. The molecule has 0 aliphatic heterocycles. The van der Waals surface area contributed by atoms with Gasteiger partial charge in [-0.3, -0.25) is 14.4 Å². The van der Waals surface area contributed by atoms with Crippen LogP contribution in [-0.2, 0) is 13.0 Å². The van der Waals surface area contributed by atoms with Crippen LogP contribution in [0, 0.1) is 5.82 Å². The second-order valence-electron chi connectivity index (χ2n) is 10.0. The zero-order chi connectivity index (χ0) is 29.8. The van der Waals surface area contributed by atoms with Crippen LogP contribution < -0.4 is 16.4 Å². The molecule has 218 valence electrons. The molecule has 3 aromatic rings. The molecule has 41 heavy (non-hydrogen) atoms. The summed E-state index contributed by atoms with van der Waals surface area (Å²) in [5.41, 5.74) is 7.60. The molecule has 3 rings (SSSR count). The predicted molar refractivity (Wildman–Crippen MR) is 157 cm³/mol. The second-order valence-corrected chi connectivity index (χ2v) is 10.0. The van der Waals surface area contributed by atoms with E-state index in [1.807, 2.05) is 44.2 Å². The number of carbonyl (C=O) groups is 3. The number of aliphatic hydroxyl groups excluding tert-OH is 1. The first kappa shape index (κ1) is 31.4. The standard InChI is InChI=1S/C32H39FN4O4/c1-3-14-37(15-4-2)32(41)26-18-24(30(34)39)17-25(19-26)31(40)36-28(16-22-10-12-27(33)13-11-22)29(38)21-35-20-23-8-6-5-7-9-23/h5-13,17-19,28-29,35,38H,3-4,14-16,20-21H2,1-2H3,(H2,34,39)(H,36,40). The van der Waals surface area contributed by atoms with Crippen molar-refractivity contribution in [2.45, 2.75) is 51.8 Å². The Morgan fingerprint density at radius 2 is 1.49 bits per heavy atom. The molecule has 0 aromatic heterocycles. The van der Waals surface area contributed by atoms with Gasteiger partial charge < -0.3 is 26.4 Å². The summed E-state index contributed by atoms with van der Waals surface area (Å²) in [6.07, 6.45) is 0.742. The first-order chi connectivity index (χ1) is 19.7. The number of amides is 3. The van der Waals surface area contributed by atoms with Crippen LogP contribution >= 0.6 is 0 Å². The SMILES string of the molecule is CCCN(CCC)C(=O)c1cc(C(N)=O)cc(C(=O)NC(Cc2ccc(F)cc2)C(O)CNCc2ccccc2)c1. The van der Waals surface area contributed by atoms with Gasteiger partial charge in [-0.05, 0) is 60.7 Å². The van der Waals surface area contributed by atoms with E-state index in [9.17, 15) is 23.9 Å². The van der Waals surface area contributed by atoms with Crippen molar-refractivity contribution < 1.29 is 23.9 Å². The molecule has 0 saturated carbocycles. The summed E-state index contributed by atoms with van der Waals surface area (Å²) in [7, 11) is 0. The number of carbonyl (C=O) groups excluding carboxylic acids is 3. The number of hydrogen-bond acceptors (Lipinski definition) is 5. The Kier molecular flexibility index (Phi) is 12.0. The highest BCUT2D eigenvalue weighted by atomic mass is 19.1. The van der Waals surface area contributed by atoms with Gasteiger partial charge in [0.25, 0.3) is 11.8 Å². The number of aliphatic hydroxyl groups is 1. The zero-order valence-electron chi connectivity index (χ0n) is 23.6. The monoisotopic (exact) mass is 562 g/mol. The van der Waals surface area contributed by atoms with E-state index in [1.54, 1.807) is 17.0 Å². The number of primary amides is 1. The lowest BCUT2D eigenvalue weighted by Gasteiger charge is -2.25. The molecule has 2 atom stereocenters. The van der Waals surface area contributed by atoms with E-state index in [4.69, 9.17) is 5.73 Å². The highest BCUT2D eigenvalue weighted by molar-refractivity contribution is 6.04. The number of rotatable bonds is 15. The maximum atomic E-state index is 13.5. The van der Waals surface area contributed by atoms with Gasteiger partial charge in [-0.15, -0.1) is 0 Å². The molecule has 0 saturated heterocycles. The molecule has 0 aliphatic rings. The number of nitrogens with two attached hydrogens (primary N) is 1. The molecule has 0 spiro atoms. The minimum Gasteiger partial charge on any atom is -0.390 e. The first-order valence-corrected chi connectivity index (χ1v) is 13.9. The van der Waals surface area contributed by atoms with E-state index in [0.29, 0.717) is 19.6 Å².